The van der Waals surface area contributed by atoms with Crippen molar-refractivity contribution in [2.24, 2.45) is 0 Å². The van der Waals surface area contributed by atoms with Crippen LogP contribution < -0.4 is 4.74 Å². The molecule has 1 atom stereocenters. The van der Waals surface area contributed by atoms with Gasteiger partial charge in [0.05, 0.1) is 17.6 Å². The molecule has 134 valence electrons. The zero-order valence-electron chi connectivity index (χ0n) is 13.9. The van der Waals surface area contributed by atoms with Crippen LogP contribution in [-0.4, -0.2) is 56.6 Å². The first kappa shape index (κ1) is 17.4. The van der Waals surface area contributed by atoms with E-state index in [0.29, 0.717) is 6.54 Å². The molecule has 1 aliphatic heterocycles. The summed E-state index contributed by atoms with van der Waals surface area (Å²) in [4.78, 5) is 12.3. The molecule has 8 nitrogen and oxygen atoms in total. The van der Waals surface area contributed by atoms with Crippen LogP contribution in [0.2, 0.25) is 0 Å². The maximum absolute atomic E-state index is 10.6. The smallest absolute Gasteiger partial charge is 0.306 e. The van der Waals surface area contributed by atoms with Gasteiger partial charge in [0.2, 0.25) is 0 Å². The molecule has 1 aromatic heterocycles. The lowest BCUT2D eigenvalue weighted by atomic mass is 10.1. The summed E-state index contributed by atoms with van der Waals surface area (Å²) in [5.74, 6) is 0.890. The number of ether oxygens (including phenoxy) is 1. The average molecular weight is 346 g/mol. The Labute approximate surface area is 145 Å². The predicted octanol–water partition coefficient (Wildman–Crippen LogP) is 1.70. The monoisotopic (exact) mass is 346 g/mol. The summed E-state index contributed by atoms with van der Waals surface area (Å²) >= 11 is 0. The number of rotatable bonds is 7. The molecule has 2 heterocycles. The molecule has 25 heavy (non-hydrogen) atoms. The van der Waals surface area contributed by atoms with Gasteiger partial charge in [0.15, 0.2) is 0 Å². The Morgan fingerprint density at radius 2 is 2.00 bits per heavy atom. The van der Waals surface area contributed by atoms with Gasteiger partial charge in [0, 0.05) is 19.6 Å². The van der Waals surface area contributed by atoms with Crippen molar-refractivity contribution in [3.05, 3.63) is 52.8 Å². The number of aliphatic hydroxyl groups excluding tert-OH is 1. The highest BCUT2D eigenvalue weighted by Crippen LogP contribution is 2.19. The van der Waals surface area contributed by atoms with E-state index < -0.39 is 11.0 Å². The van der Waals surface area contributed by atoms with E-state index in [9.17, 15) is 15.2 Å². The van der Waals surface area contributed by atoms with Gasteiger partial charge in [-0.05, 0) is 25.0 Å². The van der Waals surface area contributed by atoms with E-state index in [1.165, 1.54) is 17.1 Å². The van der Waals surface area contributed by atoms with E-state index in [2.05, 4.69) is 10.00 Å². The highest BCUT2D eigenvalue weighted by Gasteiger charge is 2.22. The number of aromatic nitrogens is 2. The zero-order chi connectivity index (χ0) is 17.6. The molecule has 2 aromatic rings. The van der Waals surface area contributed by atoms with Gasteiger partial charge in [-0.2, -0.15) is 5.10 Å². The summed E-state index contributed by atoms with van der Waals surface area (Å²) in [7, 11) is 0. The third kappa shape index (κ3) is 5.01. The molecule has 0 aliphatic carbocycles. The third-order valence-corrected chi connectivity index (χ3v) is 4.28. The minimum absolute atomic E-state index is 0.0638. The van der Waals surface area contributed by atoms with Crippen LogP contribution in [0.3, 0.4) is 0 Å². The van der Waals surface area contributed by atoms with Crippen LogP contribution in [0.15, 0.2) is 42.7 Å². The van der Waals surface area contributed by atoms with Crippen molar-refractivity contribution >= 4 is 5.69 Å². The molecular weight excluding hydrogens is 324 g/mol. The van der Waals surface area contributed by atoms with E-state index >= 15 is 0 Å². The fourth-order valence-electron chi connectivity index (χ4n) is 3.02. The Balaban J connectivity index is 1.41. The Kier molecular flexibility index (Phi) is 5.62. The minimum atomic E-state index is -0.619. The van der Waals surface area contributed by atoms with E-state index in [-0.39, 0.29) is 18.3 Å². The minimum Gasteiger partial charge on any atom is -0.490 e. The second-order valence-electron chi connectivity index (χ2n) is 6.26. The van der Waals surface area contributed by atoms with Crippen LogP contribution in [0, 0.1) is 10.1 Å². The Morgan fingerprint density at radius 3 is 2.64 bits per heavy atom. The third-order valence-electron chi connectivity index (χ3n) is 4.28. The lowest BCUT2D eigenvalue weighted by molar-refractivity contribution is -0.385. The van der Waals surface area contributed by atoms with Crippen molar-refractivity contribution in [3.8, 4) is 5.75 Å². The largest absolute Gasteiger partial charge is 0.490 e. The van der Waals surface area contributed by atoms with E-state index in [4.69, 9.17) is 4.74 Å². The zero-order valence-corrected chi connectivity index (χ0v) is 13.9. The Morgan fingerprint density at radius 1 is 1.28 bits per heavy atom. The number of nitrogens with zero attached hydrogens (tertiary/aromatic N) is 4. The first-order valence-corrected chi connectivity index (χ1v) is 8.39. The van der Waals surface area contributed by atoms with Gasteiger partial charge in [0.25, 0.3) is 0 Å². The van der Waals surface area contributed by atoms with Crippen LogP contribution in [0.4, 0.5) is 5.69 Å². The molecule has 1 unspecified atom stereocenters. The highest BCUT2D eigenvalue weighted by molar-refractivity contribution is 5.21. The Bertz CT molecular complexity index is 683. The molecule has 0 bridgehead atoms. The summed E-state index contributed by atoms with van der Waals surface area (Å²) in [6.07, 6.45) is 3.93. The molecule has 1 N–H and O–H groups in total. The Hall–Kier alpha value is -2.45. The average Bonchev–Trinajstić information content (AvgIpc) is 3.06. The number of β-amino-alcohol motifs (C(OH)–C–C–N with tert-alkyl or cyclic N) is 1. The number of hydrogen-bond acceptors (Lipinski definition) is 6. The first-order chi connectivity index (χ1) is 12.1. The van der Waals surface area contributed by atoms with Crippen LogP contribution in [-0.2, 0) is 6.54 Å². The van der Waals surface area contributed by atoms with E-state index in [0.717, 1.165) is 31.7 Å². The summed E-state index contributed by atoms with van der Waals surface area (Å²) in [5.41, 5.74) is -0.0638. The van der Waals surface area contributed by atoms with Gasteiger partial charge < -0.3 is 14.7 Å². The molecular formula is C17H22N4O4. The molecule has 1 fully saturated rings. The molecule has 0 spiro atoms. The summed E-state index contributed by atoms with van der Waals surface area (Å²) in [5, 5.41) is 24.8. The van der Waals surface area contributed by atoms with Gasteiger partial charge in [-0.1, -0.05) is 18.2 Å². The quantitative estimate of drug-likeness (QED) is 0.606. The van der Waals surface area contributed by atoms with Crippen molar-refractivity contribution in [2.45, 2.75) is 31.6 Å². The summed E-state index contributed by atoms with van der Waals surface area (Å²) in [6, 6.07) is 9.80. The number of piperidine rings is 1. The lowest BCUT2D eigenvalue weighted by Gasteiger charge is -2.33. The van der Waals surface area contributed by atoms with Gasteiger partial charge >= 0.3 is 5.69 Å². The molecule has 1 aliphatic rings. The van der Waals surface area contributed by atoms with Gasteiger partial charge in [0.1, 0.15) is 24.2 Å². The predicted molar refractivity (Wildman–Crippen MR) is 91.4 cm³/mol. The summed E-state index contributed by atoms with van der Waals surface area (Å²) < 4.78 is 7.37. The maximum atomic E-state index is 10.6. The number of aliphatic hydroxyl groups is 1. The SMILES string of the molecule is O=[N+]([O-])c1cnn(CC(O)CN2CCC(Oc3ccccc3)CC2)c1. The molecule has 3 rings (SSSR count). The topological polar surface area (TPSA) is 93.7 Å². The molecule has 1 aromatic carbocycles. The molecule has 0 saturated carbocycles. The molecule has 1 saturated heterocycles. The number of hydrogen-bond donors (Lipinski definition) is 1. The van der Waals surface area contributed by atoms with Crippen molar-refractivity contribution in [1.29, 1.82) is 0 Å². The fraction of sp³-hybridized carbons (Fsp3) is 0.471. The van der Waals surface area contributed by atoms with Crippen LogP contribution in [0.1, 0.15) is 12.8 Å². The second kappa shape index (κ2) is 8.09. The molecule has 0 amide bonds. The maximum Gasteiger partial charge on any atom is 0.306 e. The number of nitro groups is 1. The fourth-order valence-corrected chi connectivity index (χ4v) is 3.02. The van der Waals surface area contributed by atoms with Crippen LogP contribution in [0.25, 0.3) is 0 Å². The normalized spacial score (nSPS) is 17.3. The van der Waals surface area contributed by atoms with Crippen LogP contribution >= 0.6 is 0 Å². The molecule has 8 heteroatoms. The highest BCUT2D eigenvalue weighted by atomic mass is 16.6. The summed E-state index contributed by atoms with van der Waals surface area (Å²) in [6.45, 7) is 2.47. The van der Waals surface area contributed by atoms with Crippen molar-refractivity contribution in [1.82, 2.24) is 14.7 Å². The second-order valence-corrected chi connectivity index (χ2v) is 6.26. The van der Waals surface area contributed by atoms with E-state index in [1.807, 2.05) is 30.3 Å². The van der Waals surface area contributed by atoms with Crippen molar-refractivity contribution in [3.63, 3.8) is 0 Å². The number of benzene rings is 1. The molecule has 0 radical (unpaired) electrons. The van der Waals surface area contributed by atoms with Crippen molar-refractivity contribution in [2.75, 3.05) is 19.6 Å². The van der Waals surface area contributed by atoms with Gasteiger partial charge in [-0.25, -0.2) is 0 Å². The first-order valence-electron chi connectivity index (χ1n) is 8.39. The van der Waals surface area contributed by atoms with Crippen LogP contribution in [0.5, 0.6) is 5.75 Å². The van der Waals surface area contributed by atoms with Gasteiger partial charge in [-0.15, -0.1) is 0 Å². The van der Waals surface area contributed by atoms with E-state index in [1.54, 1.807) is 0 Å². The lowest BCUT2D eigenvalue weighted by Crippen LogP contribution is -2.42. The standard InChI is InChI=1S/C17H22N4O4/c22-15(13-20-11-14(10-18-20)21(23)24)12-19-8-6-17(7-9-19)25-16-4-2-1-3-5-16/h1-5,10-11,15,17,22H,6-9,12-13H2. The van der Waals surface area contributed by atoms with Crippen molar-refractivity contribution < 1.29 is 14.8 Å². The number of likely N-dealkylation sites (tertiary alicyclic amines) is 1. The number of para-hydroxylation sites is 1. The van der Waals surface area contributed by atoms with Gasteiger partial charge in [-0.3, -0.25) is 14.8 Å².